The molecule has 1 aliphatic rings. The zero-order valence-corrected chi connectivity index (χ0v) is 8.72. The summed E-state index contributed by atoms with van der Waals surface area (Å²) in [6.07, 6.45) is -2.71. The van der Waals surface area contributed by atoms with E-state index in [9.17, 15) is 13.2 Å². The van der Waals surface area contributed by atoms with Crippen molar-refractivity contribution in [3.05, 3.63) is 29.6 Å². The van der Waals surface area contributed by atoms with Gasteiger partial charge in [0.05, 0.1) is 0 Å². The summed E-state index contributed by atoms with van der Waals surface area (Å²) in [4.78, 5) is 3.65. The Kier molecular flexibility index (Phi) is 3.14. The Hall–Kier alpha value is -1.10. The van der Waals surface area contributed by atoms with Gasteiger partial charge in [-0.1, -0.05) is 6.07 Å². The molecular weight excluding hydrogens is 217 g/mol. The van der Waals surface area contributed by atoms with Crippen LogP contribution in [0.25, 0.3) is 0 Å². The zero-order chi connectivity index (χ0) is 11.6. The third-order valence-corrected chi connectivity index (χ3v) is 2.76. The van der Waals surface area contributed by atoms with Crippen molar-refractivity contribution in [1.82, 2.24) is 10.3 Å². The van der Waals surface area contributed by atoms with Gasteiger partial charge < -0.3 is 5.32 Å². The van der Waals surface area contributed by atoms with Crippen LogP contribution in [0.3, 0.4) is 0 Å². The minimum absolute atomic E-state index is 0.413. The molecule has 1 saturated heterocycles. The highest BCUT2D eigenvalue weighted by Gasteiger charge is 2.32. The van der Waals surface area contributed by atoms with Crippen LogP contribution in [-0.4, -0.2) is 18.1 Å². The number of halogens is 3. The molecule has 2 nitrogen and oxygen atoms in total. The second-order valence-electron chi connectivity index (χ2n) is 4.07. The first kappa shape index (κ1) is 11.4. The Morgan fingerprint density at radius 3 is 2.81 bits per heavy atom. The molecule has 1 fully saturated rings. The number of alkyl halides is 3. The number of rotatable bonds is 2. The van der Waals surface area contributed by atoms with Crippen LogP contribution in [-0.2, 0) is 12.6 Å². The van der Waals surface area contributed by atoms with E-state index in [1.165, 1.54) is 6.07 Å². The molecular formula is C11H13F3N2. The molecule has 0 saturated carbocycles. The maximum absolute atomic E-state index is 12.4. The highest BCUT2D eigenvalue weighted by Crippen LogP contribution is 2.27. The van der Waals surface area contributed by atoms with Crippen LogP contribution < -0.4 is 5.32 Å². The van der Waals surface area contributed by atoms with E-state index < -0.39 is 11.9 Å². The Bertz CT molecular complexity index is 356. The highest BCUT2D eigenvalue weighted by molar-refractivity contribution is 5.14. The van der Waals surface area contributed by atoms with E-state index >= 15 is 0 Å². The Morgan fingerprint density at radius 1 is 1.38 bits per heavy atom. The second-order valence-corrected chi connectivity index (χ2v) is 4.07. The molecule has 2 rings (SSSR count). The topological polar surface area (TPSA) is 24.9 Å². The van der Waals surface area contributed by atoms with Crippen molar-refractivity contribution in [2.24, 2.45) is 5.92 Å². The molecule has 1 aromatic heterocycles. The van der Waals surface area contributed by atoms with Crippen molar-refractivity contribution in [2.75, 3.05) is 13.1 Å². The molecule has 1 aliphatic heterocycles. The Labute approximate surface area is 91.9 Å². The standard InChI is InChI=1S/C11H13F3N2/c12-11(13,14)10-3-1-2-9(16-10)6-8-4-5-15-7-8/h1-3,8,15H,4-7H2/t8-/m1/s1. The lowest BCUT2D eigenvalue weighted by Crippen LogP contribution is -2.13. The first-order valence-corrected chi connectivity index (χ1v) is 5.29. The maximum atomic E-state index is 12.4. The average molecular weight is 230 g/mol. The minimum atomic E-state index is -4.34. The van der Waals surface area contributed by atoms with Gasteiger partial charge in [-0.2, -0.15) is 13.2 Å². The van der Waals surface area contributed by atoms with Crippen molar-refractivity contribution >= 4 is 0 Å². The van der Waals surface area contributed by atoms with Gasteiger partial charge in [-0.15, -0.1) is 0 Å². The summed E-state index contributed by atoms with van der Waals surface area (Å²) < 4.78 is 37.2. The van der Waals surface area contributed by atoms with Crippen LogP contribution in [0.5, 0.6) is 0 Å². The summed E-state index contributed by atoms with van der Waals surface area (Å²) in [6, 6.07) is 4.09. The predicted octanol–water partition coefficient (Wildman–Crippen LogP) is 2.25. The molecule has 0 aromatic carbocycles. The predicted molar refractivity (Wildman–Crippen MR) is 53.9 cm³/mol. The molecule has 0 radical (unpaired) electrons. The van der Waals surface area contributed by atoms with Crippen LogP contribution in [0.15, 0.2) is 18.2 Å². The summed E-state index contributed by atoms with van der Waals surface area (Å²) in [5.74, 6) is 0.413. The number of nitrogens with zero attached hydrogens (tertiary/aromatic N) is 1. The number of nitrogens with one attached hydrogen (secondary N) is 1. The van der Waals surface area contributed by atoms with Crippen molar-refractivity contribution in [3.63, 3.8) is 0 Å². The molecule has 0 aliphatic carbocycles. The molecule has 2 heterocycles. The molecule has 1 N–H and O–H groups in total. The van der Waals surface area contributed by atoms with Crippen molar-refractivity contribution in [2.45, 2.75) is 19.0 Å². The van der Waals surface area contributed by atoms with Crippen LogP contribution in [0, 0.1) is 5.92 Å². The van der Waals surface area contributed by atoms with Gasteiger partial charge in [-0.05, 0) is 44.0 Å². The molecule has 0 spiro atoms. The van der Waals surface area contributed by atoms with E-state index in [2.05, 4.69) is 10.3 Å². The zero-order valence-electron chi connectivity index (χ0n) is 8.72. The van der Waals surface area contributed by atoms with E-state index in [0.717, 1.165) is 25.6 Å². The third-order valence-electron chi connectivity index (χ3n) is 2.76. The second kappa shape index (κ2) is 4.41. The summed E-state index contributed by atoms with van der Waals surface area (Å²) in [6.45, 7) is 1.82. The fraction of sp³-hybridized carbons (Fsp3) is 0.545. The van der Waals surface area contributed by atoms with Crippen LogP contribution in [0.2, 0.25) is 0 Å². The van der Waals surface area contributed by atoms with Crippen molar-refractivity contribution in [1.29, 1.82) is 0 Å². The van der Waals surface area contributed by atoms with E-state index in [-0.39, 0.29) is 0 Å². The SMILES string of the molecule is FC(F)(F)c1cccc(C[C@H]2CCNC2)n1. The molecule has 88 valence electrons. The smallest absolute Gasteiger partial charge is 0.316 e. The third kappa shape index (κ3) is 2.72. The first-order valence-electron chi connectivity index (χ1n) is 5.29. The maximum Gasteiger partial charge on any atom is 0.433 e. The quantitative estimate of drug-likeness (QED) is 0.842. The summed E-state index contributed by atoms with van der Waals surface area (Å²) >= 11 is 0. The van der Waals surface area contributed by atoms with Gasteiger partial charge in [-0.3, -0.25) is 0 Å². The lowest BCUT2D eigenvalue weighted by Gasteiger charge is -2.10. The van der Waals surface area contributed by atoms with Gasteiger partial charge in [0.25, 0.3) is 0 Å². The number of aromatic nitrogens is 1. The minimum Gasteiger partial charge on any atom is -0.316 e. The lowest BCUT2D eigenvalue weighted by atomic mass is 10.0. The average Bonchev–Trinajstić information content (AvgIpc) is 2.70. The molecule has 0 bridgehead atoms. The molecule has 1 atom stereocenters. The number of pyridine rings is 1. The molecule has 16 heavy (non-hydrogen) atoms. The number of hydrogen-bond donors (Lipinski definition) is 1. The van der Waals surface area contributed by atoms with E-state index in [1.54, 1.807) is 6.07 Å². The van der Waals surface area contributed by atoms with Gasteiger partial charge in [0.15, 0.2) is 0 Å². The van der Waals surface area contributed by atoms with Crippen LogP contribution in [0.1, 0.15) is 17.8 Å². The Balaban J connectivity index is 2.09. The summed E-state index contributed by atoms with van der Waals surface area (Å²) in [7, 11) is 0. The molecule has 0 amide bonds. The normalized spacial score (nSPS) is 21.3. The van der Waals surface area contributed by atoms with E-state index in [4.69, 9.17) is 0 Å². The molecule has 1 aromatic rings. The van der Waals surface area contributed by atoms with Gasteiger partial charge in [-0.25, -0.2) is 4.98 Å². The van der Waals surface area contributed by atoms with Crippen molar-refractivity contribution in [3.8, 4) is 0 Å². The van der Waals surface area contributed by atoms with Crippen molar-refractivity contribution < 1.29 is 13.2 Å². The number of hydrogen-bond acceptors (Lipinski definition) is 2. The molecule has 5 heteroatoms. The van der Waals surface area contributed by atoms with Gasteiger partial charge in [0.1, 0.15) is 5.69 Å². The molecule has 0 unspecified atom stereocenters. The van der Waals surface area contributed by atoms with Gasteiger partial charge >= 0.3 is 6.18 Å². The van der Waals surface area contributed by atoms with E-state index in [0.29, 0.717) is 18.0 Å². The Morgan fingerprint density at radius 2 is 2.19 bits per heavy atom. The summed E-state index contributed by atoms with van der Waals surface area (Å²) in [5, 5.41) is 3.19. The van der Waals surface area contributed by atoms with Crippen LogP contribution >= 0.6 is 0 Å². The monoisotopic (exact) mass is 230 g/mol. The first-order chi connectivity index (χ1) is 7.55. The largest absolute Gasteiger partial charge is 0.433 e. The van der Waals surface area contributed by atoms with Gasteiger partial charge in [0.2, 0.25) is 0 Å². The summed E-state index contributed by atoms with van der Waals surface area (Å²) in [5.41, 5.74) is -0.264. The van der Waals surface area contributed by atoms with E-state index in [1.807, 2.05) is 0 Å². The van der Waals surface area contributed by atoms with Crippen LogP contribution in [0.4, 0.5) is 13.2 Å². The van der Waals surface area contributed by atoms with Gasteiger partial charge in [0, 0.05) is 5.69 Å². The fourth-order valence-electron chi connectivity index (χ4n) is 1.94. The lowest BCUT2D eigenvalue weighted by molar-refractivity contribution is -0.141. The highest BCUT2D eigenvalue weighted by atomic mass is 19.4. The fourth-order valence-corrected chi connectivity index (χ4v) is 1.94.